The summed E-state index contributed by atoms with van der Waals surface area (Å²) in [5.41, 5.74) is -0.875. The monoisotopic (exact) mass is 307 g/mol. The summed E-state index contributed by atoms with van der Waals surface area (Å²) in [6.07, 6.45) is -0.726. The van der Waals surface area contributed by atoms with Crippen molar-refractivity contribution in [3.8, 4) is 0 Å². The average Bonchev–Trinajstić information content (AvgIpc) is 2.28. The van der Waals surface area contributed by atoms with Gasteiger partial charge in [0.05, 0.1) is 0 Å². The summed E-state index contributed by atoms with van der Waals surface area (Å²) in [6, 6.07) is -1.44. The Hall–Kier alpha value is -1.79. The molecule has 0 bridgehead atoms. The minimum Gasteiger partial charge on any atom is -0.458 e. The van der Waals surface area contributed by atoms with Crippen molar-refractivity contribution in [1.29, 1.82) is 0 Å². The van der Waals surface area contributed by atoms with E-state index in [1.54, 1.807) is 26.1 Å². The highest BCUT2D eigenvalue weighted by molar-refractivity contribution is 5.88. The Morgan fingerprint density at radius 2 is 1.76 bits per heavy atom. The highest BCUT2D eigenvalue weighted by Crippen LogP contribution is 2.18. The molecule has 1 N–H and O–H groups in total. The number of halogens is 3. The molecule has 0 heterocycles. The fourth-order valence-corrected chi connectivity index (χ4v) is 1.36. The number of carbonyl (C=O) groups excluding carboxylic acids is 2. The zero-order valence-electron chi connectivity index (χ0n) is 12.5. The van der Waals surface area contributed by atoms with Crippen LogP contribution in [0.25, 0.3) is 0 Å². The highest BCUT2D eigenvalue weighted by Gasteiger charge is 2.42. The maximum Gasteiger partial charge on any atom is 0.471 e. The molecule has 4 nitrogen and oxygen atoms in total. The number of nitrogens with one attached hydrogen (secondary N) is 1. The van der Waals surface area contributed by atoms with Gasteiger partial charge in [0.2, 0.25) is 0 Å². The number of amides is 1. The van der Waals surface area contributed by atoms with Crippen LogP contribution >= 0.6 is 0 Å². The van der Waals surface area contributed by atoms with Crippen molar-refractivity contribution in [2.45, 2.75) is 45.5 Å². The van der Waals surface area contributed by atoms with Gasteiger partial charge in [-0.15, -0.1) is 0 Å². The van der Waals surface area contributed by atoms with E-state index in [0.717, 1.165) is 0 Å². The van der Waals surface area contributed by atoms with Crippen molar-refractivity contribution in [2.24, 2.45) is 5.92 Å². The molecule has 2 atom stereocenters. The highest BCUT2D eigenvalue weighted by atomic mass is 19.4. The Balaban J connectivity index is 5.19. The SMILES string of the molecule is C=C/C=C/[C@@H](C)[C@H](NC(=O)C(F)(F)F)C(=O)OC(C)(C)C. The Morgan fingerprint density at radius 3 is 2.14 bits per heavy atom. The number of hydrogen-bond acceptors (Lipinski definition) is 3. The van der Waals surface area contributed by atoms with E-state index in [2.05, 4.69) is 6.58 Å². The second kappa shape index (κ2) is 7.28. The van der Waals surface area contributed by atoms with Gasteiger partial charge in [0.15, 0.2) is 0 Å². The van der Waals surface area contributed by atoms with Gasteiger partial charge < -0.3 is 10.1 Å². The van der Waals surface area contributed by atoms with E-state index in [1.807, 2.05) is 0 Å². The van der Waals surface area contributed by atoms with Gasteiger partial charge in [-0.3, -0.25) is 4.79 Å². The molecule has 21 heavy (non-hydrogen) atoms. The first-order valence-electron chi connectivity index (χ1n) is 6.28. The van der Waals surface area contributed by atoms with Crippen LogP contribution in [0.15, 0.2) is 24.8 Å². The number of allylic oxidation sites excluding steroid dienone is 2. The first-order valence-corrected chi connectivity index (χ1v) is 6.28. The Bertz CT molecular complexity index is 422. The molecule has 0 aromatic carbocycles. The van der Waals surface area contributed by atoms with E-state index in [-0.39, 0.29) is 0 Å². The molecule has 0 rings (SSSR count). The molecular formula is C14H20F3NO3. The van der Waals surface area contributed by atoms with Crippen molar-refractivity contribution >= 4 is 11.9 Å². The van der Waals surface area contributed by atoms with Gasteiger partial charge in [-0.25, -0.2) is 4.79 Å². The van der Waals surface area contributed by atoms with Crippen molar-refractivity contribution in [3.05, 3.63) is 24.8 Å². The Labute approximate surface area is 122 Å². The minimum atomic E-state index is -5.07. The summed E-state index contributed by atoms with van der Waals surface area (Å²) in [5, 5.41) is 1.66. The lowest BCUT2D eigenvalue weighted by molar-refractivity contribution is -0.177. The van der Waals surface area contributed by atoms with Crippen molar-refractivity contribution < 1.29 is 27.5 Å². The minimum absolute atomic E-state index is 0.691. The van der Waals surface area contributed by atoms with Crippen LogP contribution in [-0.2, 0) is 14.3 Å². The summed E-state index contributed by atoms with van der Waals surface area (Å²) in [6.45, 7) is 9.66. The second-order valence-corrected chi connectivity index (χ2v) is 5.46. The molecule has 0 radical (unpaired) electrons. The molecule has 0 aromatic heterocycles. The molecule has 1 amide bonds. The Kier molecular flexibility index (Phi) is 6.66. The molecule has 0 saturated carbocycles. The topological polar surface area (TPSA) is 55.4 Å². The van der Waals surface area contributed by atoms with E-state index in [1.165, 1.54) is 25.2 Å². The lowest BCUT2D eigenvalue weighted by Gasteiger charge is -2.27. The van der Waals surface area contributed by atoms with Crippen LogP contribution in [0, 0.1) is 5.92 Å². The molecule has 0 spiro atoms. The van der Waals surface area contributed by atoms with Gasteiger partial charge in [0, 0.05) is 5.92 Å². The number of ether oxygens (including phenoxy) is 1. The van der Waals surface area contributed by atoms with E-state index in [0.29, 0.717) is 0 Å². The number of hydrogen-bond donors (Lipinski definition) is 1. The van der Waals surface area contributed by atoms with Crippen molar-refractivity contribution in [1.82, 2.24) is 5.32 Å². The molecule has 0 aromatic rings. The third-order valence-electron chi connectivity index (χ3n) is 2.28. The largest absolute Gasteiger partial charge is 0.471 e. The van der Waals surface area contributed by atoms with Crippen LogP contribution in [0.4, 0.5) is 13.2 Å². The molecule has 0 aliphatic heterocycles. The maximum atomic E-state index is 12.3. The summed E-state index contributed by atoms with van der Waals surface area (Å²) in [5.74, 6) is -3.80. The van der Waals surface area contributed by atoms with Gasteiger partial charge in [-0.1, -0.05) is 31.7 Å². The number of esters is 1. The predicted octanol–water partition coefficient (Wildman–Crippen LogP) is 2.75. The normalized spacial score (nSPS) is 15.4. The third kappa shape index (κ3) is 7.53. The van der Waals surface area contributed by atoms with E-state index >= 15 is 0 Å². The summed E-state index contributed by atoms with van der Waals surface area (Å²) in [4.78, 5) is 23.0. The van der Waals surface area contributed by atoms with Crippen molar-refractivity contribution in [3.63, 3.8) is 0 Å². The molecule has 0 unspecified atom stereocenters. The average molecular weight is 307 g/mol. The van der Waals surface area contributed by atoms with Crippen LogP contribution in [0.1, 0.15) is 27.7 Å². The van der Waals surface area contributed by atoms with Crippen LogP contribution < -0.4 is 5.32 Å². The first kappa shape index (κ1) is 19.2. The number of alkyl halides is 3. The molecule has 0 aliphatic rings. The molecule has 0 saturated heterocycles. The smallest absolute Gasteiger partial charge is 0.458 e. The van der Waals surface area contributed by atoms with Gasteiger partial charge >= 0.3 is 18.1 Å². The van der Waals surface area contributed by atoms with Crippen LogP contribution in [0.3, 0.4) is 0 Å². The first-order chi connectivity index (χ1) is 9.38. The molecule has 7 heteroatoms. The molecule has 120 valence electrons. The Morgan fingerprint density at radius 1 is 1.24 bits per heavy atom. The second-order valence-electron chi connectivity index (χ2n) is 5.46. The zero-order chi connectivity index (χ0) is 16.8. The van der Waals surface area contributed by atoms with Gasteiger partial charge in [-0.05, 0) is 20.8 Å². The summed E-state index contributed by atoms with van der Waals surface area (Å²) >= 11 is 0. The van der Waals surface area contributed by atoms with Crippen LogP contribution in [-0.4, -0.2) is 29.7 Å². The maximum absolute atomic E-state index is 12.3. The lowest BCUT2D eigenvalue weighted by Crippen LogP contribution is -2.51. The van der Waals surface area contributed by atoms with Gasteiger partial charge in [0.1, 0.15) is 11.6 Å². The van der Waals surface area contributed by atoms with E-state index in [9.17, 15) is 22.8 Å². The number of carbonyl (C=O) groups is 2. The lowest BCUT2D eigenvalue weighted by atomic mass is 10.0. The fraction of sp³-hybridized carbons (Fsp3) is 0.571. The van der Waals surface area contributed by atoms with E-state index in [4.69, 9.17) is 4.74 Å². The van der Waals surface area contributed by atoms with Crippen LogP contribution in [0.5, 0.6) is 0 Å². The number of rotatable bonds is 5. The van der Waals surface area contributed by atoms with Gasteiger partial charge in [-0.2, -0.15) is 13.2 Å². The summed E-state index contributed by atoms with van der Waals surface area (Å²) in [7, 11) is 0. The predicted molar refractivity (Wildman–Crippen MR) is 72.3 cm³/mol. The molecule has 0 aliphatic carbocycles. The van der Waals surface area contributed by atoms with Crippen LogP contribution in [0.2, 0.25) is 0 Å². The quantitative estimate of drug-likeness (QED) is 0.627. The van der Waals surface area contributed by atoms with Crippen molar-refractivity contribution in [2.75, 3.05) is 0 Å². The van der Waals surface area contributed by atoms with Gasteiger partial charge in [0.25, 0.3) is 0 Å². The zero-order valence-corrected chi connectivity index (χ0v) is 12.5. The van der Waals surface area contributed by atoms with E-state index < -0.39 is 35.6 Å². The standard InChI is InChI=1S/C14H20F3NO3/c1-6-7-8-9(2)10(11(19)21-13(3,4)5)18-12(20)14(15,16)17/h6-10H,1H2,2-5H3,(H,18,20)/b8-7+/t9-,10+/m1/s1. The molecular weight excluding hydrogens is 287 g/mol. The fourth-order valence-electron chi connectivity index (χ4n) is 1.36. The summed E-state index contributed by atoms with van der Waals surface area (Å²) < 4.78 is 42.0. The molecule has 0 fully saturated rings. The third-order valence-corrected chi connectivity index (χ3v) is 2.28.